The number of carbonyl (C=O) groups is 1. The number of methoxy groups -OCH3 is 1. The molecule has 0 radical (unpaired) electrons. The largest absolute Gasteiger partial charge is 0.496 e. The summed E-state index contributed by atoms with van der Waals surface area (Å²) in [7, 11) is 1.51. The number of amides is 1. The molecule has 1 aliphatic heterocycles. The Morgan fingerprint density at radius 3 is 2.58 bits per heavy atom. The van der Waals surface area contributed by atoms with E-state index in [0.29, 0.717) is 42.5 Å². The van der Waals surface area contributed by atoms with Gasteiger partial charge in [0.25, 0.3) is 12.3 Å². The summed E-state index contributed by atoms with van der Waals surface area (Å²) >= 11 is 6.09. The van der Waals surface area contributed by atoms with Crippen molar-refractivity contribution in [2.75, 3.05) is 33.3 Å². The molecule has 2 aromatic carbocycles. The predicted octanol–water partition coefficient (Wildman–Crippen LogP) is 4.95. The molecule has 7 nitrogen and oxygen atoms in total. The molecule has 1 aliphatic rings. The Labute approximate surface area is 211 Å². The lowest BCUT2D eigenvalue weighted by molar-refractivity contribution is 0.0630. The molecule has 2 aromatic heterocycles. The van der Waals surface area contributed by atoms with Crippen molar-refractivity contribution in [1.82, 2.24) is 24.4 Å². The van der Waals surface area contributed by atoms with Crippen LogP contribution in [0.3, 0.4) is 0 Å². The Bertz CT molecular complexity index is 1400. The average molecular weight is 512 g/mol. The van der Waals surface area contributed by atoms with Crippen LogP contribution in [-0.2, 0) is 6.54 Å². The molecule has 5 rings (SSSR count). The lowest BCUT2D eigenvalue weighted by Crippen LogP contribution is -2.48. The normalized spacial score (nSPS) is 14.5. The van der Waals surface area contributed by atoms with Crippen molar-refractivity contribution in [3.8, 4) is 17.0 Å². The Balaban J connectivity index is 1.41. The van der Waals surface area contributed by atoms with Gasteiger partial charge in [-0.1, -0.05) is 35.9 Å². The smallest absolute Gasteiger partial charge is 0.280 e. The van der Waals surface area contributed by atoms with Gasteiger partial charge in [-0.15, -0.1) is 0 Å². The van der Waals surface area contributed by atoms with Gasteiger partial charge in [0, 0.05) is 43.3 Å². The number of halogens is 3. The van der Waals surface area contributed by atoms with Crippen LogP contribution in [0.2, 0.25) is 5.02 Å². The molecule has 0 atom stereocenters. The third-order valence-electron chi connectivity index (χ3n) is 6.29. The van der Waals surface area contributed by atoms with Crippen LogP contribution in [0.1, 0.15) is 28.0 Å². The molecule has 3 heterocycles. The summed E-state index contributed by atoms with van der Waals surface area (Å²) in [5.74, 6) is 0.218. The van der Waals surface area contributed by atoms with Gasteiger partial charge in [-0.05, 0) is 35.9 Å². The average Bonchev–Trinajstić information content (AvgIpc) is 3.32. The molecule has 10 heteroatoms. The summed E-state index contributed by atoms with van der Waals surface area (Å²) in [5, 5.41) is 4.78. The van der Waals surface area contributed by atoms with Gasteiger partial charge in [-0.25, -0.2) is 18.3 Å². The van der Waals surface area contributed by atoms with E-state index in [-0.39, 0.29) is 28.5 Å². The SMILES string of the molecule is COc1ccccc1-c1cc(C(F)F)n2ncc(C(=O)N3CCN(Cc4cccc(Cl)c4)CC3)c2n1. The molecule has 0 unspecified atom stereocenters. The lowest BCUT2D eigenvalue weighted by atomic mass is 10.1. The van der Waals surface area contributed by atoms with Crippen molar-refractivity contribution in [2.24, 2.45) is 0 Å². The Hall–Kier alpha value is -3.56. The minimum Gasteiger partial charge on any atom is -0.496 e. The molecule has 0 aliphatic carbocycles. The summed E-state index contributed by atoms with van der Waals surface area (Å²) in [6.07, 6.45) is -1.48. The van der Waals surface area contributed by atoms with Gasteiger partial charge < -0.3 is 9.64 Å². The number of alkyl halides is 2. The van der Waals surface area contributed by atoms with Crippen molar-refractivity contribution in [3.05, 3.63) is 82.6 Å². The van der Waals surface area contributed by atoms with Crippen LogP contribution < -0.4 is 4.74 Å². The van der Waals surface area contributed by atoms with Crippen LogP contribution in [0, 0.1) is 0 Å². The molecule has 4 aromatic rings. The third-order valence-corrected chi connectivity index (χ3v) is 6.53. The number of para-hydroxylation sites is 1. The summed E-state index contributed by atoms with van der Waals surface area (Å²) < 4.78 is 34.4. The Morgan fingerprint density at radius 1 is 1.08 bits per heavy atom. The zero-order chi connectivity index (χ0) is 25.2. The second-order valence-electron chi connectivity index (χ2n) is 8.56. The third kappa shape index (κ3) is 4.76. The molecule has 1 saturated heterocycles. The van der Waals surface area contributed by atoms with Crippen molar-refractivity contribution < 1.29 is 18.3 Å². The quantitative estimate of drug-likeness (QED) is 0.366. The van der Waals surface area contributed by atoms with Gasteiger partial charge in [0.05, 0.1) is 19.0 Å². The van der Waals surface area contributed by atoms with E-state index >= 15 is 0 Å². The first-order valence-electron chi connectivity index (χ1n) is 11.5. The van der Waals surface area contributed by atoms with Gasteiger partial charge in [-0.3, -0.25) is 9.69 Å². The Morgan fingerprint density at radius 2 is 1.86 bits per heavy atom. The zero-order valence-corrected chi connectivity index (χ0v) is 20.3. The summed E-state index contributed by atoms with van der Waals surface area (Å²) in [4.78, 5) is 22.0. The molecule has 36 heavy (non-hydrogen) atoms. The number of nitrogens with zero attached hydrogens (tertiary/aromatic N) is 5. The van der Waals surface area contributed by atoms with Crippen LogP contribution >= 0.6 is 11.6 Å². The molecule has 1 fully saturated rings. The van der Waals surface area contributed by atoms with Crippen LogP contribution in [0.4, 0.5) is 8.78 Å². The molecule has 0 bridgehead atoms. The van der Waals surface area contributed by atoms with Crippen LogP contribution in [0.15, 0.2) is 60.8 Å². The summed E-state index contributed by atoms with van der Waals surface area (Å²) in [5.41, 5.74) is 1.90. The van der Waals surface area contributed by atoms with E-state index in [1.807, 2.05) is 24.3 Å². The van der Waals surface area contributed by atoms with E-state index in [1.54, 1.807) is 29.2 Å². The molecule has 0 spiro atoms. The van der Waals surface area contributed by atoms with Gasteiger partial charge in [0.1, 0.15) is 17.0 Å². The highest BCUT2D eigenvalue weighted by molar-refractivity contribution is 6.30. The number of fused-ring (bicyclic) bond motifs is 1. The molecule has 0 N–H and O–H groups in total. The van der Waals surface area contributed by atoms with E-state index in [4.69, 9.17) is 16.3 Å². The molecule has 1 amide bonds. The summed E-state index contributed by atoms with van der Waals surface area (Å²) in [6.45, 7) is 3.11. The number of ether oxygens (including phenoxy) is 1. The van der Waals surface area contributed by atoms with E-state index in [2.05, 4.69) is 15.0 Å². The number of hydrogen-bond donors (Lipinski definition) is 0. The monoisotopic (exact) mass is 511 g/mol. The fourth-order valence-electron chi connectivity index (χ4n) is 4.46. The molecular formula is C26H24ClF2N5O2. The van der Waals surface area contributed by atoms with E-state index < -0.39 is 6.43 Å². The van der Waals surface area contributed by atoms with Crippen LogP contribution in [0.5, 0.6) is 5.75 Å². The second kappa shape index (κ2) is 10.2. The highest BCUT2D eigenvalue weighted by Crippen LogP contribution is 2.32. The number of aromatic nitrogens is 3. The van der Waals surface area contributed by atoms with E-state index in [1.165, 1.54) is 19.4 Å². The van der Waals surface area contributed by atoms with Gasteiger partial charge in [0.15, 0.2) is 5.65 Å². The van der Waals surface area contributed by atoms with Gasteiger partial charge in [0.2, 0.25) is 0 Å². The van der Waals surface area contributed by atoms with E-state index in [0.717, 1.165) is 16.6 Å². The number of benzene rings is 2. The molecule has 0 saturated carbocycles. The van der Waals surface area contributed by atoms with Gasteiger partial charge in [-0.2, -0.15) is 5.10 Å². The zero-order valence-electron chi connectivity index (χ0n) is 19.6. The number of carbonyl (C=O) groups excluding carboxylic acids is 1. The van der Waals surface area contributed by atoms with Crippen molar-refractivity contribution in [1.29, 1.82) is 0 Å². The molecule has 186 valence electrons. The van der Waals surface area contributed by atoms with Crippen molar-refractivity contribution in [2.45, 2.75) is 13.0 Å². The fourth-order valence-corrected chi connectivity index (χ4v) is 4.67. The predicted molar refractivity (Wildman–Crippen MR) is 133 cm³/mol. The number of hydrogen-bond acceptors (Lipinski definition) is 5. The maximum absolute atomic E-state index is 14.0. The maximum Gasteiger partial charge on any atom is 0.280 e. The first kappa shape index (κ1) is 24.1. The van der Waals surface area contributed by atoms with E-state index in [9.17, 15) is 13.6 Å². The minimum atomic E-state index is -2.80. The molecular weight excluding hydrogens is 488 g/mol. The standard InChI is InChI=1S/C26H24ClF2N5O2/c1-36-23-8-3-2-7-19(23)21-14-22(24(28)29)34-25(31-21)20(15-30-34)26(35)33-11-9-32(10-12-33)16-17-5-4-6-18(27)13-17/h2-8,13-15,24H,9-12,16H2,1H3. The number of piperazine rings is 1. The van der Waals surface area contributed by atoms with Crippen LogP contribution in [0.25, 0.3) is 16.9 Å². The maximum atomic E-state index is 14.0. The summed E-state index contributed by atoms with van der Waals surface area (Å²) in [6, 6.07) is 16.0. The topological polar surface area (TPSA) is 63.0 Å². The van der Waals surface area contributed by atoms with Crippen molar-refractivity contribution in [3.63, 3.8) is 0 Å². The van der Waals surface area contributed by atoms with Crippen LogP contribution in [-0.4, -0.2) is 63.6 Å². The minimum absolute atomic E-state index is 0.0973. The highest BCUT2D eigenvalue weighted by atomic mass is 35.5. The second-order valence-corrected chi connectivity index (χ2v) is 9.00. The first-order chi connectivity index (χ1) is 17.4. The Kier molecular flexibility index (Phi) is 6.84. The van der Waals surface area contributed by atoms with Gasteiger partial charge >= 0.3 is 0 Å². The number of rotatable bonds is 6. The fraction of sp³-hybridized carbons (Fsp3) is 0.269. The highest BCUT2D eigenvalue weighted by Gasteiger charge is 2.27. The van der Waals surface area contributed by atoms with Crippen molar-refractivity contribution >= 4 is 23.2 Å². The lowest BCUT2D eigenvalue weighted by Gasteiger charge is -2.34. The first-order valence-corrected chi connectivity index (χ1v) is 11.9.